The van der Waals surface area contributed by atoms with Crippen molar-refractivity contribution in [1.29, 1.82) is 0 Å². The van der Waals surface area contributed by atoms with Gasteiger partial charge in [-0.1, -0.05) is 6.07 Å². The Hall–Kier alpha value is -1.59. The summed E-state index contributed by atoms with van der Waals surface area (Å²) in [6, 6.07) is 7.36. The summed E-state index contributed by atoms with van der Waals surface area (Å²) < 4.78 is 5.05. The highest BCUT2D eigenvalue weighted by Crippen LogP contribution is 2.24. The standard InChI is InChI=1S/C15H18N2O2S/c1-3-17(9-10-19-2)15(18)12-6-7-13(20)14-11(12)5-4-8-16-14/h4-8,20H,3,9-10H2,1-2H3. The molecular weight excluding hydrogens is 272 g/mol. The second kappa shape index (κ2) is 6.72. The van der Waals surface area contributed by atoms with Crippen molar-refractivity contribution >= 4 is 29.4 Å². The molecule has 0 aliphatic carbocycles. The Kier molecular flexibility index (Phi) is 4.98. The number of nitrogens with zero attached hydrogens (tertiary/aromatic N) is 2. The van der Waals surface area contributed by atoms with Crippen molar-refractivity contribution in [3.8, 4) is 0 Å². The predicted molar refractivity (Wildman–Crippen MR) is 82.4 cm³/mol. The first-order valence-corrected chi connectivity index (χ1v) is 6.98. The molecule has 0 saturated heterocycles. The maximum Gasteiger partial charge on any atom is 0.254 e. The third-order valence-electron chi connectivity index (χ3n) is 3.21. The Morgan fingerprint density at radius 2 is 2.20 bits per heavy atom. The molecule has 1 aromatic heterocycles. The van der Waals surface area contributed by atoms with Crippen molar-refractivity contribution in [1.82, 2.24) is 9.88 Å². The minimum absolute atomic E-state index is 0.00381. The molecule has 0 N–H and O–H groups in total. The van der Waals surface area contributed by atoms with Gasteiger partial charge in [0.25, 0.3) is 5.91 Å². The van der Waals surface area contributed by atoms with Crippen LogP contribution in [0.25, 0.3) is 10.9 Å². The van der Waals surface area contributed by atoms with Gasteiger partial charge in [-0.15, -0.1) is 12.6 Å². The van der Waals surface area contributed by atoms with E-state index < -0.39 is 0 Å². The van der Waals surface area contributed by atoms with Crippen LogP contribution in [-0.2, 0) is 4.74 Å². The first-order valence-electron chi connectivity index (χ1n) is 6.54. The molecule has 0 saturated carbocycles. The fraction of sp³-hybridized carbons (Fsp3) is 0.333. The summed E-state index contributed by atoms with van der Waals surface area (Å²) >= 11 is 4.39. The first kappa shape index (κ1) is 14.8. The van der Waals surface area contributed by atoms with Gasteiger partial charge in [0.1, 0.15) is 0 Å². The highest BCUT2D eigenvalue weighted by Gasteiger charge is 2.17. The molecule has 0 atom stereocenters. The average molecular weight is 290 g/mol. The smallest absolute Gasteiger partial charge is 0.254 e. The maximum absolute atomic E-state index is 12.6. The van der Waals surface area contributed by atoms with Crippen molar-refractivity contribution in [3.05, 3.63) is 36.0 Å². The number of fused-ring (bicyclic) bond motifs is 1. The molecule has 5 heteroatoms. The number of benzene rings is 1. The topological polar surface area (TPSA) is 42.4 Å². The SMILES string of the molecule is CCN(CCOC)C(=O)c1ccc(S)c2ncccc12. The van der Waals surface area contributed by atoms with Gasteiger partial charge in [0.15, 0.2) is 0 Å². The Morgan fingerprint density at radius 3 is 2.90 bits per heavy atom. The third kappa shape index (κ3) is 2.94. The summed E-state index contributed by atoms with van der Waals surface area (Å²) in [5.74, 6) is -0.00381. The van der Waals surface area contributed by atoms with Gasteiger partial charge in [-0.2, -0.15) is 0 Å². The van der Waals surface area contributed by atoms with E-state index in [2.05, 4.69) is 17.6 Å². The van der Waals surface area contributed by atoms with Gasteiger partial charge in [0, 0.05) is 42.2 Å². The third-order valence-corrected chi connectivity index (χ3v) is 3.57. The van der Waals surface area contributed by atoms with E-state index in [1.165, 1.54) is 0 Å². The Labute approximate surface area is 124 Å². The van der Waals surface area contributed by atoms with Gasteiger partial charge < -0.3 is 9.64 Å². The van der Waals surface area contributed by atoms with Crippen LogP contribution in [0.2, 0.25) is 0 Å². The lowest BCUT2D eigenvalue weighted by atomic mass is 10.1. The van der Waals surface area contributed by atoms with E-state index >= 15 is 0 Å². The zero-order chi connectivity index (χ0) is 14.5. The van der Waals surface area contributed by atoms with Crippen molar-refractivity contribution in [2.45, 2.75) is 11.8 Å². The van der Waals surface area contributed by atoms with E-state index in [9.17, 15) is 4.79 Å². The summed E-state index contributed by atoms with van der Waals surface area (Å²) in [6.45, 7) is 3.71. The number of pyridine rings is 1. The number of aromatic nitrogens is 1. The summed E-state index contributed by atoms with van der Waals surface area (Å²) in [5, 5.41) is 0.834. The lowest BCUT2D eigenvalue weighted by Gasteiger charge is -2.21. The molecular formula is C15H18N2O2S. The van der Waals surface area contributed by atoms with Gasteiger partial charge in [-0.05, 0) is 25.1 Å². The summed E-state index contributed by atoms with van der Waals surface area (Å²) in [7, 11) is 1.63. The summed E-state index contributed by atoms with van der Waals surface area (Å²) in [4.78, 5) is 19.5. The highest BCUT2D eigenvalue weighted by atomic mass is 32.1. The molecule has 0 unspecified atom stereocenters. The minimum Gasteiger partial charge on any atom is -0.383 e. The van der Waals surface area contributed by atoms with E-state index in [-0.39, 0.29) is 5.91 Å². The lowest BCUT2D eigenvalue weighted by Crippen LogP contribution is -2.33. The molecule has 0 radical (unpaired) electrons. The zero-order valence-corrected chi connectivity index (χ0v) is 12.6. The van der Waals surface area contributed by atoms with Crippen LogP contribution in [-0.4, -0.2) is 42.6 Å². The molecule has 20 heavy (non-hydrogen) atoms. The van der Waals surface area contributed by atoms with Crippen molar-refractivity contribution in [3.63, 3.8) is 0 Å². The maximum atomic E-state index is 12.6. The highest BCUT2D eigenvalue weighted by molar-refractivity contribution is 7.80. The molecule has 2 rings (SSSR count). The molecule has 4 nitrogen and oxygen atoms in total. The van der Waals surface area contributed by atoms with E-state index in [1.807, 2.05) is 31.2 Å². The fourth-order valence-electron chi connectivity index (χ4n) is 2.12. The van der Waals surface area contributed by atoms with Crippen LogP contribution < -0.4 is 0 Å². The van der Waals surface area contributed by atoms with Gasteiger partial charge in [0.2, 0.25) is 0 Å². The number of hydrogen-bond acceptors (Lipinski definition) is 4. The van der Waals surface area contributed by atoms with Crippen LogP contribution in [0.15, 0.2) is 35.4 Å². The molecule has 1 heterocycles. The number of hydrogen-bond donors (Lipinski definition) is 1. The summed E-state index contributed by atoms with van der Waals surface area (Å²) in [5.41, 5.74) is 1.41. The number of carbonyl (C=O) groups excluding carboxylic acids is 1. The number of methoxy groups -OCH3 is 1. The van der Waals surface area contributed by atoms with Crippen LogP contribution in [0.4, 0.5) is 0 Å². The Morgan fingerprint density at radius 1 is 1.40 bits per heavy atom. The van der Waals surface area contributed by atoms with E-state index in [0.717, 1.165) is 15.8 Å². The van der Waals surface area contributed by atoms with Crippen LogP contribution in [0.5, 0.6) is 0 Å². The predicted octanol–water partition coefficient (Wildman–Crippen LogP) is 2.63. The molecule has 2 aromatic rings. The van der Waals surface area contributed by atoms with Gasteiger partial charge in [0.05, 0.1) is 12.1 Å². The van der Waals surface area contributed by atoms with Crippen LogP contribution in [0.1, 0.15) is 17.3 Å². The molecule has 0 bridgehead atoms. The Balaban J connectivity index is 2.41. The van der Waals surface area contributed by atoms with Crippen LogP contribution in [0, 0.1) is 0 Å². The molecule has 0 aliphatic heterocycles. The number of likely N-dealkylation sites (N-methyl/N-ethyl adjacent to an activating group) is 1. The largest absolute Gasteiger partial charge is 0.383 e. The second-order valence-electron chi connectivity index (χ2n) is 4.41. The molecule has 0 fully saturated rings. The molecule has 106 valence electrons. The molecule has 1 amide bonds. The molecule has 0 spiro atoms. The van der Waals surface area contributed by atoms with E-state index in [0.29, 0.717) is 25.3 Å². The first-order chi connectivity index (χ1) is 9.69. The number of carbonyl (C=O) groups is 1. The van der Waals surface area contributed by atoms with Crippen LogP contribution in [0.3, 0.4) is 0 Å². The minimum atomic E-state index is -0.00381. The molecule has 0 aliphatic rings. The van der Waals surface area contributed by atoms with Gasteiger partial charge in [-0.25, -0.2) is 0 Å². The van der Waals surface area contributed by atoms with Crippen molar-refractivity contribution < 1.29 is 9.53 Å². The number of rotatable bonds is 5. The van der Waals surface area contributed by atoms with Crippen LogP contribution >= 0.6 is 12.6 Å². The normalized spacial score (nSPS) is 10.8. The zero-order valence-electron chi connectivity index (χ0n) is 11.7. The second-order valence-corrected chi connectivity index (χ2v) is 4.89. The number of ether oxygens (including phenoxy) is 1. The van der Waals surface area contributed by atoms with Crippen molar-refractivity contribution in [2.75, 3.05) is 26.8 Å². The summed E-state index contributed by atoms with van der Waals surface area (Å²) in [6.07, 6.45) is 1.71. The molecule has 1 aromatic carbocycles. The number of amides is 1. The quantitative estimate of drug-likeness (QED) is 0.861. The Bertz CT molecular complexity index is 616. The van der Waals surface area contributed by atoms with Crippen molar-refractivity contribution in [2.24, 2.45) is 0 Å². The lowest BCUT2D eigenvalue weighted by molar-refractivity contribution is 0.0708. The van der Waals surface area contributed by atoms with Gasteiger partial charge >= 0.3 is 0 Å². The monoisotopic (exact) mass is 290 g/mol. The van der Waals surface area contributed by atoms with E-state index in [1.54, 1.807) is 18.2 Å². The number of thiol groups is 1. The fourth-order valence-corrected chi connectivity index (χ4v) is 2.37. The average Bonchev–Trinajstić information content (AvgIpc) is 2.48. The van der Waals surface area contributed by atoms with Gasteiger partial charge in [-0.3, -0.25) is 9.78 Å². The van der Waals surface area contributed by atoms with E-state index in [4.69, 9.17) is 4.74 Å².